The van der Waals surface area contributed by atoms with Gasteiger partial charge in [0.15, 0.2) is 4.20 Å². The van der Waals surface area contributed by atoms with Crippen molar-refractivity contribution in [3.8, 4) is 12.1 Å². The van der Waals surface area contributed by atoms with Crippen LogP contribution < -0.4 is 5.73 Å². The Bertz CT molecular complexity index is 838. The van der Waals surface area contributed by atoms with Gasteiger partial charge in [-0.05, 0) is 29.2 Å². The predicted octanol–water partition coefficient (Wildman–Crippen LogP) is 4.64. The molecule has 4 nitrogen and oxygen atoms in total. The van der Waals surface area contributed by atoms with Crippen LogP contribution >= 0.6 is 46.7 Å². The van der Waals surface area contributed by atoms with Crippen LogP contribution in [-0.2, 0) is 0 Å². The minimum atomic E-state index is -1.15. The van der Waals surface area contributed by atoms with Crippen molar-refractivity contribution in [1.82, 2.24) is 0 Å². The van der Waals surface area contributed by atoms with Crippen LogP contribution in [0.2, 0.25) is 10.0 Å². The predicted molar refractivity (Wildman–Crippen MR) is 106 cm³/mol. The Morgan fingerprint density at radius 1 is 1.20 bits per heavy atom. The van der Waals surface area contributed by atoms with Crippen molar-refractivity contribution in [2.45, 2.75) is 24.0 Å². The summed E-state index contributed by atoms with van der Waals surface area (Å²) in [7, 11) is 0. The van der Waals surface area contributed by atoms with E-state index >= 15 is 0 Å². The minimum Gasteiger partial charge on any atom is -0.386 e. The molecule has 0 aromatic heterocycles. The molecular weight excluding hydrogens is 395 g/mol. The maximum atomic E-state index is 10.2. The molecule has 1 aliphatic heterocycles. The summed E-state index contributed by atoms with van der Waals surface area (Å²) < 4.78 is -0.807. The third-order valence-electron chi connectivity index (χ3n) is 4.88. The van der Waals surface area contributed by atoms with Gasteiger partial charge in [-0.2, -0.15) is 10.5 Å². The zero-order chi connectivity index (χ0) is 18.5. The average Bonchev–Trinajstić information content (AvgIpc) is 3.13. The summed E-state index contributed by atoms with van der Waals surface area (Å²) in [5, 5.41) is 21.2. The molecule has 1 aromatic rings. The van der Waals surface area contributed by atoms with Gasteiger partial charge < -0.3 is 5.73 Å². The van der Waals surface area contributed by atoms with E-state index in [1.54, 1.807) is 41.7 Å². The Morgan fingerprint density at radius 2 is 1.84 bits per heavy atom. The lowest BCUT2D eigenvalue weighted by atomic mass is 9.97. The van der Waals surface area contributed by atoms with Crippen LogP contribution in [0.1, 0.15) is 25.3 Å². The number of fused-ring (bicyclic) bond motifs is 1. The van der Waals surface area contributed by atoms with Gasteiger partial charge in [-0.3, -0.25) is 0 Å². The van der Waals surface area contributed by atoms with E-state index in [1.807, 2.05) is 13.8 Å². The largest absolute Gasteiger partial charge is 0.386 e. The highest BCUT2D eigenvalue weighted by molar-refractivity contribution is 8.18. The number of nitriles is 2. The molecule has 130 valence electrons. The van der Waals surface area contributed by atoms with E-state index < -0.39 is 21.0 Å². The van der Waals surface area contributed by atoms with Gasteiger partial charge >= 0.3 is 0 Å². The highest BCUT2D eigenvalue weighted by Crippen LogP contribution is 2.85. The summed E-state index contributed by atoms with van der Waals surface area (Å²) in [5.74, 6) is 1.33. The summed E-state index contributed by atoms with van der Waals surface area (Å²) in [6.07, 6.45) is 0. The van der Waals surface area contributed by atoms with Crippen molar-refractivity contribution >= 4 is 52.6 Å². The molecule has 25 heavy (non-hydrogen) atoms. The average molecular weight is 411 g/mol. The number of thioether (sulfide) groups is 2. The normalized spacial score (nSPS) is 31.6. The van der Waals surface area contributed by atoms with Crippen LogP contribution in [0.25, 0.3) is 0 Å². The molecule has 0 radical (unpaired) electrons. The summed E-state index contributed by atoms with van der Waals surface area (Å²) in [6, 6.07) is 9.91. The molecule has 1 aliphatic carbocycles. The Hall–Kier alpha value is -1.05. The lowest BCUT2D eigenvalue weighted by molar-refractivity contribution is 0.564. The van der Waals surface area contributed by atoms with Crippen LogP contribution in [0.3, 0.4) is 0 Å². The lowest BCUT2D eigenvalue weighted by Crippen LogP contribution is -2.31. The van der Waals surface area contributed by atoms with Crippen LogP contribution in [0.4, 0.5) is 0 Å². The van der Waals surface area contributed by atoms with Gasteiger partial charge in [-0.15, -0.1) is 23.5 Å². The van der Waals surface area contributed by atoms with Crippen molar-refractivity contribution < 1.29 is 0 Å². The number of hydrogen-bond acceptors (Lipinski definition) is 6. The fourth-order valence-corrected chi connectivity index (χ4v) is 7.72. The van der Waals surface area contributed by atoms with Crippen LogP contribution in [0, 0.1) is 33.5 Å². The maximum Gasteiger partial charge on any atom is 0.175 e. The van der Waals surface area contributed by atoms with E-state index in [9.17, 15) is 10.5 Å². The third kappa shape index (κ3) is 2.12. The van der Waals surface area contributed by atoms with Crippen molar-refractivity contribution in [3.05, 3.63) is 33.8 Å². The molecule has 0 spiro atoms. The third-order valence-corrected chi connectivity index (χ3v) is 8.34. The van der Waals surface area contributed by atoms with Gasteiger partial charge in [0.2, 0.25) is 0 Å². The molecule has 2 N–H and O–H groups in total. The van der Waals surface area contributed by atoms with Crippen LogP contribution in [-0.4, -0.2) is 21.5 Å². The monoisotopic (exact) mass is 410 g/mol. The number of halogens is 2. The zero-order valence-electron chi connectivity index (χ0n) is 13.7. The molecule has 3 rings (SSSR count). The Kier molecular flexibility index (Phi) is 4.71. The first-order chi connectivity index (χ1) is 11.9. The highest BCUT2D eigenvalue weighted by atomic mass is 35.5. The second-order valence-corrected chi connectivity index (χ2v) is 9.90. The Labute approximate surface area is 165 Å². The molecule has 0 amide bonds. The number of hydrogen-bond donors (Lipinski definition) is 1. The van der Waals surface area contributed by atoms with E-state index in [0.29, 0.717) is 10.0 Å². The standard InChI is InChI=1S/C17H16Cl2N4S2/c1-3-24-17(25-4-2)16(9-21)13(15(16,8-20)14(22)23-17)11-6-5-10(18)7-12(11)19/h5-7,13H,3-4H2,1-2H3,(H2,22,23)/t13-,15+,16-/m1/s1. The molecule has 2 aliphatic rings. The number of aliphatic imine (C=N–C) groups is 1. The van der Waals surface area contributed by atoms with Gasteiger partial charge in [-0.25, -0.2) is 4.99 Å². The molecule has 8 heteroatoms. The zero-order valence-corrected chi connectivity index (χ0v) is 16.9. The fourth-order valence-electron chi connectivity index (χ4n) is 3.95. The van der Waals surface area contributed by atoms with Crippen LogP contribution in [0.5, 0.6) is 0 Å². The minimum absolute atomic E-state index is 0.231. The van der Waals surface area contributed by atoms with Crippen LogP contribution in [0.15, 0.2) is 23.2 Å². The van der Waals surface area contributed by atoms with Crippen molar-refractivity contribution in [2.24, 2.45) is 21.6 Å². The number of nitrogens with zero attached hydrogens (tertiary/aromatic N) is 3. The molecule has 1 fully saturated rings. The Balaban J connectivity index is 2.25. The second kappa shape index (κ2) is 6.28. The SMILES string of the molecule is CCSC1(SCC)N=C(N)[C@]2(C#N)[C@@H](c3ccc(Cl)cc3Cl)[C@@]12C#N. The first-order valence-corrected chi connectivity index (χ1v) is 10.5. The molecule has 0 unspecified atom stereocenters. The summed E-state index contributed by atoms with van der Waals surface area (Å²) >= 11 is 15.5. The lowest BCUT2D eigenvalue weighted by Gasteiger charge is -2.31. The second-order valence-electron chi connectivity index (χ2n) is 5.88. The van der Waals surface area contributed by atoms with E-state index in [-0.39, 0.29) is 5.84 Å². The van der Waals surface area contributed by atoms with E-state index in [4.69, 9.17) is 28.9 Å². The van der Waals surface area contributed by atoms with Gasteiger partial charge in [0.05, 0.1) is 12.1 Å². The molecule has 0 saturated heterocycles. The molecule has 3 atom stereocenters. The smallest absolute Gasteiger partial charge is 0.175 e. The quantitative estimate of drug-likeness (QED) is 0.714. The van der Waals surface area contributed by atoms with Gasteiger partial charge in [0.1, 0.15) is 16.7 Å². The number of rotatable bonds is 5. The van der Waals surface area contributed by atoms with Crippen molar-refractivity contribution in [1.29, 1.82) is 10.5 Å². The molecular formula is C17H16Cl2N4S2. The maximum absolute atomic E-state index is 10.2. The fraction of sp³-hybridized carbons (Fsp3) is 0.471. The molecule has 1 saturated carbocycles. The first-order valence-electron chi connectivity index (χ1n) is 7.81. The Morgan fingerprint density at radius 3 is 2.32 bits per heavy atom. The van der Waals surface area contributed by atoms with E-state index in [2.05, 4.69) is 17.1 Å². The van der Waals surface area contributed by atoms with Crippen molar-refractivity contribution in [3.63, 3.8) is 0 Å². The molecule has 1 heterocycles. The molecule has 1 aromatic carbocycles. The number of nitrogens with two attached hydrogens (primary N) is 1. The van der Waals surface area contributed by atoms with Gasteiger partial charge in [0.25, 0.3) is 0 Å². The summed E-state index contributed by atoms with van der Waals surface area (Å²) in [4.78, 5) is 4.65. The van der Waals surface area contributed by atoms with E-state index in [1.165, 1.54) is 0 Å². The van der Waals surface area contributed by atoms with Crippen molar-refractivity contribution in [2.75, 3.05) is 11.5 Å². The topological polar surface area (TPSA) is 86.0 Å². The molecule has 0 bridgehead atoms. The number of benzene rings is 1. The van der Waals surface area contributed by atoms with E-state index in [0.717, 1.165) is 17.1 Å². The summed E-state index contributed by atoms with van der Waals surface area (Å²) in [6.45, 7) is 4.02. The first kappa shape index (κ1) is 18.7. The summed E-state index contributed by atoms with van der Waals surface area (Å²) in [5.41, 5.74) is 4.78. The van der Waals surface area contributed by atoms with Gasteiger partial charge in [-0.1, -0.05) is 43.1 Å². The highest BCUT2D eigenvalue weighted by Gasteiger charge is 2.92. The van der Waals surface area contributed by atoms with Gasteiger partial charge in [0, 0.05) is 16.0 Å². The number of amidine groups is 1.